The van der Waals surface area contributed by atoms with Crippen LogP contribution in [0.4, 0.5) is 11.4 Å². The van der Waals surface area contributed by atoms with Gasteiger partial charge in [0.05, 0.1) is 11.9 Å². The zero-order valence-corrected chi connectivity index (χ0v) is 12.1. The number of nitrogens with two attached hydrogens (primary N) is 1. The summed E-state index contributed by atoms with van der Waals surface area (Å²) < 4.78 is 1.45. The van der Waals surface area contributed by atoms with Crippen molar-refractivity contribution in [1.29, 1.82) is 0 Å². The number of nitrogens with zero attached hydrogens (tertiary/aromatic N) is 3. The summed E-state index contributed by atoms with van der Waals surface area (Å²) >= 11 is 1.55. The minimum atomic E-state index is -0.288. The fourth-order valence-corrected chi connectivity index (χ4v) is 2.65. The van der Waals surface area contributed by atoms with Crippen molar-refractivity contribution in [2.75, 3.05) is 11.1 Å². The average Bonchev–Trinajstić information content (AvgIpc) is 3.09. The Bertz CT molecular complexity index is 759. The van der Waals surface area contributed by atoms with Crippen LogP contribution in [0.25, 0.3) is 10.6 Å². The standard InChI is InChI=1S/C14H13N5OS/c1-19-12(11(15)8-17-19)13(20)18-10-4-2-3-9(7-10)14-16-5-6-21-14/h2-8H,15H2,1H3,(H,18,20). The molecule has 2 heterocycles. The van der Waals surface area contributed by atoms with Gasteiger partial charge in [0.15, 0.2) is 0 Å². The Morgan fingerprint density at radius 2 is 2.29 bits per heavy atom. The van der Waals surface area contributed by atoms with Crippen molar-refractivity contribution in [1.82, 2.24) is 14.8 Å². The van der Waals surface area contributed by atoms with Crippen LogP contribution in [0.5, 0.6) is 0 Å². The van der Waals surface area contributed by atoms with Gasteiger partial charge in [0.1, 0.15) is 10.7 Å². The molecule has 0 bridgehead atoms. The van der Waals surface area contributed by atoms with Gasteiger partial charge in [0, 0.05) is 29.9 Å². The molecule has 0 aliphatic rings. The first-order valence-corrected chi connectivity index (χ1v) is 7.12. The van der Waals surface area contributed by atoms with Gasteiger partial charge in [-0.25, -0.2) is 4.98 Å². The molecular formula is C14H13N5OS. The highest BCUT2D eigenvalue weighted by Crippen LogP contribution is 2.24. The summed E-state index contributed by atoms with van der Waals surface area (Å²) in [4.78, 5) is 16.5. The lowest BCUT2D eigenvalue weighted by molar-refractivity contribution is 0.101. The van der Waals surface area contributed by atoms with E-state index in [0.29, 0.717) is 17.1 Å². The maximum atomic E-state index is 12.2. The van der Waals surface area contributed by atoms with E-state index in [0.717, 1.165) is 10.6 Å². The van der Waals surface area contributed by atoms with E-state index in [1.165, 1.54) is 10.9 Å². The van der Waals surface area contributed by atoms with Crippen LogP contribution in [0, 0.1) is 0 Å². The van der Waals surface area contributed by atoms with E-state index in [1.807, 2.05) is 29.6 Å². The Labute approximate surface area is 125 Å². The zero-order valence-electron chi connectivity index (χ0n) is 11.3. The Kier molecular flexibility index (Phi) is 3.41. The highest BCUT2D eigenvalue weighted by Gasteiger charge is 2.15. The molecule has 2 aromatic heterocycles. The number of carbonyl (C=O) groups excluding carboxylic acids is 1. The number of hydrogen-bond acceptors (Lipinski definition) is 5. The van der Waals surface area contributed by atoms with Crippen LogP contribution < -0.4 is 11.1 Å². The third-order valence-corrected chi connectivity index (χ3v) is 3.80. The molecule has 0 radical (unpaired) electrons. The van der Waals surface area contributed by atoms with Crippen molar-refractivity contribution in [2.45, 2.75) is 0 Å². The molecule has 0 atom stereocenters. The average molecular weight is 299 g/mol. The fourth-order valence-electron chi connectivity index (χ4n) is 2.02. The molecule has 3 rings (SSSR count). The van der Waals surface area contributed by atoms with E-state index in [-0.39, 0.29) is 5.91 Å². The number of anilines is 2. The number of rotatable bonds is 3. The second kappa shape index (κ2) is 5.37. The molecule has 0 aliphatic heterocycles. The molecule has 0 spiro atoms. The first-order valence-electron chi connectivity index (χ1n) is 6.24. The molecule has 6 nitrogen and oxygen atoms in total. The van der Waals surface area contributed by atoms with Gasteiger partial charge < -0.3 is 11.1 Å². The summed E-state index contributed by atoms with van der Waals surface area (Å²) in [7, 11) is 1.68. The van der Waals surface area contributed by atoms with E-state index < -0.39 is 0 Å². The van der Waals surface area contributed by atoms with Crippen molar-refractivity contribution >= 4 is 28.6 Å². The van der Waals surface area contributed by atoms with Gasteiger partial charge in [-0.1, -0.05) is 12.1 Å². The quantitative estimate of drug-likeness (QED) is 0.777. The minimum Gasteiger partial charge on any atom is -0.396 e. The molecule has 3 N–H and O–H groups in total. The number of nitrogen functional groups attached to an aromatic ring is 1. The van der Waals surface area contributed by atoms with Crippen LogP contribution in [0.2, 0.25) is 0 Å². The normalized spacial score (nSPS) is 10.5. The Morgan fingerprint density at radius 3 is 2.95 bits per heavy atom. The van der Waals surface area contributed by atoms with Crippen molar-refractivity contribution in [2.24, 2.45) is 7.05 Å². The monoisotopic (exact) mass is 299 g/mol. The van der Waals surface area contributed by atoms with Crippen molar-refractivity contribution in [3.8, 4) is 10.6 Å². The van der Waals surface area contributed by atoms with Gasteiger partial charge in [-0.2, -0.15) is 5.10 Å². The number of carbonyl (C=O) groups is 1. The lowest BCUT2D eigenvalue weighted by Gasteiger charge is -2.07. The van der Waals surface area contributed by atoms with Gasteiger partial charge in [-0.3, -0.25) is 9.48 Å². The first kappa shape index (κ1) is 13.3. The molecule has 0 aliphatic carbocycles. The molecule has 21 heavy (non-hydrogen) atoms. The smallest absolute Gasteiger partial charge is 0.276 e. The highest BCUT2D eigenvalue weighted by atomic mass is 32.1. The van der Waals surface area contributed by atoms with E-state index in [1.54, 1.807) is 24.6 Å². The molecule has 106 valence electrons. The zero-order chi connectivity index (χ0) is 14.8. The Hall–Kier alpha value is -2.67. The Balaban J connectivity index is 1.86. The lowest BCUT2D eigenvalue weighted by Crippen LogP contribution is -2.17. The number of aryl methyl sites for hydroxylation is 1. The summed E-state index contributed by atoms with van der Waals surface area (Å²) in [6, 6.07) is 7.52. The topological polar surface area (TPSA) is 85.8 Å². The maximum Gasteiger partial charge on any atom is 0.276 e. The number of aromatic nitrogens is 3. The summed E-state index contributed by atoms with van der Waals surface area (Å²) in [6.45, 7) is 0. The van der Waals surface area contributed by atoms with Crippen LogP contribution in [-0.4, -0.2) is 20.7 Å². The van der Waals surface area contributed by atoms with Crippen LogP contribution in [0.15, 0.2) is 42.0 Å². The second-order valence-electron chi connectivity index (χ2n) is 4.44. The highest BCUT2D eigenvalue weighted by molar-refractivity contribution is 7.13. The minimum absolute atomic E-state index is 0.288. The van der Waals surface area contributed by atoms with Gasteiger partial charge in [0.25, 0.3) is 5.91 Å². The van der Waals surface area contributed by atoms with E-state index in [2.05, 4.69) is 15.4 Å². The van der Waals surface area contributed by atoms with Crippen LogP contribution >= 0.6 is 11.3 Å². The van der Waals surface area contributed by atoms with Crippen molar-refractivity contribution < 1.29 is 4.79 Å². The van der Waals surface area contributed by atoms with Gasteiger partial charge in [0.2, 0.25) is 0 Å². The molecule has 1 amide bonds. The SMILES string of the molecule is Cn1ncc(N)c1C(=O)Nc1cccc(-c2nccs2)c1. The van der Waals surface area contributed by atoms with Crippen LogP contribution in [0.3, 0.4) is 0 Å². The van der Waals surface area contributed by atoms with Gasteiger partial charge >= 0.3 is 0 Å². The summed E-state index contributed by atoms with van der Waals surface area (Å²) in [5.41, 5.74) is 8.09. The number of benzene rings is 1. The number of hydrogen-bond donors (Lipinski definition) is 2. The largest absolute Gasteiger partial charge is 0.396 e. The van der Waals surface area contributed by atoms with Crippen LogP contribution in [0.1, 0.15) is 10.5 Å². The predicted molar refractivity (Wildman–Crippen MR) is 83.1 cm³/mol. The molecule has 0 fully saturated rings. The summed E-state index contributed by atoms with van der Waals surface area (Å²) in [5, 5.41) is 9.61. The number of thiazole rings is 1. The predicted octanol–water partition coefficient (Wildman–Crippen LogP) is 2.38. The van der Waals surface area contributed by atoms with E-state index in [9.17, 15) is 4.79 Å². The lowest BCUT2D eigenvalue weighted by atomic mass is 10.2. The fraction of sp³-hybridized carbons (Fsp3) is 0.0714. The third kappa shape index (κ3) is 2.63. The number of nitrogens with one attached hydrogen (secondary N) is 1. The molecule has 1 aromatic carbocycles. The molecular weight excluding hydrogens is 286 g/mol. The first-order chi connectivity index (χ1) is 10.1. The molecule has 7 heteroatoms. The summed E-state index contributed by atoms with van der Waals surface area (Å²) in [5.74, 6) is -0.288. The van der Waals surface area contributed by atoms with E-state index in [4.69, 9.17) is 5.73 Å². The van der Waals surface area contributed by atoms with Crippen molar-refractivity contribution in [3.05, 3.63) is 47.7 Å². The molecule has 0 saturated carbocycles. The molecule has 3 aromatic rings. The van der Waals surface area contributed by atoms with E-state index >= 15 is 0 Å². The summed E-state index contributed by atoms with van der Waals surface area (Å²) in [6.07, 6.45) is 3.21. The maximum absolute atomic E-state index is 12.2. The Morgan fingerprint density at radius 1 is 1.43 bits per heavy atom. The third-order valence-electron chi connectivity index (χ3n) is 2.98. The molecule has 0 saturated heterocycles. The van der Waals surface area contributed by atoms with Crippen LogP contribution in [-0.2, 0) is 7.05 Å². The van der Waals surface area contributed by atoms with Crippen molar-refractivity contribution in [3.63, 3.8) is 0 Å². The molecule has 0 unspecified atom stereocenters. The number of amides is 1. The second-order valence-corrected chi connectivity index (χ2v) is 5.34. The van der Waals surface area contributed by atoms with Gasteiger partial charge in [-0.05, 0) is 12.1 Å². The van der Waals surface area contributed by atoms with Gasteiger partial charge in [-0.15, -0.1) is 11.3 Å².